The van der Waals surface area contributed by atoms with Gasteiger partial charge in [-0.2, -0.15) is 10.2 Å². The Morgan fingerprint density at radius 2 is 2.33 bits per heavy atom. The molecule has 0 rings (SSSR count). The molecule has 50 valence electrons. The molecule has 0 aliphatic rings. The number of rotatable bonds is 3. The van der Waals surface area contributed by atoms with Gasteiger partial charge in [0.2, 0.25) is 0 Å². The monoisotopic (exact) mass is 124 g/mol. The highest BCUT2D eigenvalue weighted by Gasteiger charge is 1.84. The summed E-state index contributed by atoms with van der Waals surface area (Å²) in [4.78, 5) is 0. The van der Waals surface area contributed by atoms with Crippen molar-refractivity contribution in [3.05, 3.63) is 12.2 Å². The van der Waals surface area contributed by atoms with Gasteiger partial charge in [0.1, 0.15) is 0 Å². The van der Waals surface area contributed by atoms with Gasteiger partial charge < -0.3 is 0 Å². The van der Waals surface area contributed by atoms with Crippen molar-refractivity contribution >= 4 is 12.4 Å². The smallest absolute Gasteiger partial charge is 0.0624 e. The Balaban J connectivity index is 3.96. The molecule has 0 bridgehead atoms. The van der Waals surface area contributed by atoms with Crippen LogP contribution in [0.3, 0.4) is 0 Å². The molecule has 0 saturated heterocycles. The zero-order chi connectivity index (χ0) is 7.11. The molecule has 0 saturated carbocycles. The molecule has 0 aromatic rings. The van der Waals surface area contributed by atoms with Crippen LogP contribution in [0.15, 0.2) is 22.4 Å². The normalized spacial score (nSPS) is 12.4. The minimum absolute atomic E-state index is 0.906. The first-order chi connectivity index (χ1) is 4.35. The standard InChI is InChI=1S/C7H12N2/c1-4-6-7(5-2)9-8-3/h4,6H,3,5H2,1-2H3/b6-4-,9-7?. The zero-order valence-corrected chi connectivity index (χ0v) is 5.96. The Morgan fingerprint density at radius 1 is 1.67 bits per heavy atom. The van der Waals surface area contributed by atoms with Gasteiger partial charge in [0, 0.05) is 6.72 Å². The minimum Gasteiger partial charge on any atom is -0.167 e. The number of hydrogen-bond acceptors (Lipinski definition) is 2. The van der Waals surface area contributed by atoms with Crippen LogP contribution in [0.4, 0.5) is 0 Å². The number of hydrogen-bond donors (Lipinski definition) is 0. The van der Waals surface area contributed by atoms with Gasteiger partial charge >= 0.3 is 0 Å². The maximum Gasteiger partial charge on any atom is 0.0624 e. The third-order valence-electron chi connectivity index (χ3n) is 0.920. The zero-order valence-electron chi connectivity index (χ0n) is 5.96. The Labute approximate surface area is 56.0 Å². The Kier molecular flexibility index (Phi) is 4.69. The van der Waals surface area contributed by atoms with Crippen LogP contribution in [0, 0.1) is 0 Å². The molecule has 0 heterocycles. The summed E-state index contributed by atoms with van der Waals surface area (Å²) < 4.78 is 0. The van der Waals surface area contributed by atoms with Gasteiger partial charge in [0.15, 0.2) is 0 Å². The molecular weight excluding hydrogens is 112 g/mol. The Hall–Kier alpha value is -0.920. The van der Waals surface area contributed by atoms with Gasteiger partial charge in [-0.3, -0.25) is 0 Å². The van der Waals surface area contributed by atoms with E-state index in [1.54, 1.807) is 0 Å². The molecule has 0 atom stereocenters. The molecule has 0 amide bonds. The highest BCUT2D eigenvalue weighted by molar-refractivity contribution is 5.94. The van der Waals surface area contributed by atoms with E-state index >= 15 is 0 Å². The van der Waals surface area contributed by atoms with Crippen molar-refractivity contribution in [3.8, 4) is 0 Å². The van der Waals surface area contributed by atoms with E-state index in [-0.39, 0.29) is 0 Å². The van der Waals surface area contributed by atoms with Gasteiger partial charge in [-0.1, -0.05) is 13.0 Å². The fraction of sp³-hybridized carbons (Fsp3) is 0.429. The van der Waals surface area contributed by atoms with E-state index in [9.17, 15) is 0 Å². The first kappa shape index (κ1) is 8.08. The van der Waals surface area contributed by atoms with E-state index in [4.69, 9.17) is 0 Å². The van der Waals surface area contributed by atoms with Crippen molar-refractivity contribution in [2.75, 3.05) is 0 Å². The van der Waals surface area contributed by atoms with Crippen LogP contribution in [-0.4, -0.2) is 12.4 Å². The topological polar surface area (TPSA) is 24.7 Å². The van der Waals surface area contributed by atoms with Crippen molar-refractivity contribution in [1.29, 1.82) is 0 Å². The summed E-state index contributed by atoms with van der Waals surface area (Å²) in [6, 6.07) is 0. The molecule has 0 spiro atoms. The largest absolute Gasteiger partial charge is 0.167 e. The number of nitrogens with zero attached hydrogens (tertiary/aromatic N) is 2. The molecule has 0 unspecified atom stereocenters. The predicted molar refractivity (Wildman–Crippen MR) is 42.1 cm³/mol. The summed E-state index contributed by atoms with van der Waals surface area (Å²) in [6.07, 6.45) is 4.77. The molecule has 9 heavy (non-hydrogen) atoms. The van der Waals surface area contributed by atoms with Crippen LogP contribution >= 0.6 is 0 Å². The third kappa shape index (κ3) is 3.64. The van der Waals surface area contributed by atoms with Crippen molar-refractivity contribution in [1.82, 2.24) is 0 Å². The van der Waals surface area contributed by atoms with Gasteiger partial charge in [0.25, 0.3) is 0 Å². The first-order valence-corrected chi connectivity index (χ1v) is 3.00. The van der Waals surface area contributed by atoms with Crippen LogP contribution in [0.2, 0.25) is 0 Å². The van der Waals surface area contributed by atoms with E-state index in [1.807, 2.05) is 26.0 Å². The molecule has 0 aromatic heterocycles. The second kappa shape index (κ2) is 5.22. The highest BCUT2D eigenvalue weighted by Crippen LogP contribution is 1.88. The molecule has 0 aliphatic carbocycles. The fourth-order valence-corrected chi connectivity index (χ4v) is 0.505. The van der Waals surface area contributed by atoms with Crippen LogP contribution in [-0.2, 0) is 0 Å². The van der Waals surface area contributed by atoms with Crippen molar-refractivity contribution in [3.63, 3.8) is 0 Å². The van der Waals surface area contributed by atoms with E-state index in [0.717, 1.165) is 12.1 Å². The molecule has 0 aromatic carbocycles. The lowest BCUT2D eigenvalue weighted by atomic mass is 10.3. The third-order valence-corrected chi connectivity index (χ3v) is 0.920. The fourth-order valence-electron chi connectivity index (χ4n) is 0.505. The maximum absolute atomic E-state index is 3.78. The molecule has 0 fully saturated rings. The number of allylic oxidation sites excluding steroid dienone is 2. The molecule has 2 nitrogen and oxygen atoms in total. The second-order valence-electron chi connectivity index (χ2n) is 1.59. The summed E-state index contributed by atoms with van der Waals surface area (Å²) in [5.41, 5.74) is 0.965. The summed E-state index contributed by atoms with van der Waals surface area (Å²) >= 11 is 0. The van der Waals surface area contributed by atoms with Crippen molar-refractivity contribution in [2.45, 2.75) is 20.3 Å². The van der Waals surface area contributed by atoms with E-state index in [1.165, 1.54) is 0 Å². The summed E-state index contributed by atoms with van der Waals surface area (Å²) in [5, 5.41) is 7.19. The molecule has 0 radical (unpaired) electrons. The lowest BCUT2D eigenvalue weighted by Crippen LogP contribution is -1.87. The lowest BCUT2D eigenvalue weighted by Gasteiger charge is -1.88. The SMILES string of the molecule is C=NN=C(/C=C\C)CC. The van der Waals surface area contributed by atoms with Crippen LogP contribution in [0.25, 0.3) is 0 Å². The Bertz CT molecular complexity index is 134. The van der Waals surface area contributed by atoms with Crippen molar-refractivity contribution < 1.29 is 0 Å². The van der Waals surface area contributed by atoms with Crippen LogP contribution in [0.1, 0.15) is 20.3 Å². The Morgan fingerprint density at radius 3 is 2.67 bits per heavy atom. The summed E-state index contributed by atoms with van der Waals surface area (Å²) in [7, 11) is 0. The first-order valence-electron chi connectivity index (χ1n) is 3.00. The van der Waals surface area contributed by atoms with Gasteiger partial charge in [-0.25, -0.2) is 0 Å². The van der Waals surface area contributed by atoms with E-state index in [2.05, 4.69) is 16.9 Å². The van der Waals surface area contributed by atoms with Crippen LogP contribution in [0.5, 0.6) is 0 Å². The average molecular weight is 124 g/mol. The van der Waals surface area contributed by atoms with E-state index < -0.39 is 0 Å². The molecule has 0 aliphatic heterocycles. The maximum atomic E-state index is 3.78. The highest BCUT2D eigenvalue weighted by atomic mass is 15.2. The van der Waals surface area contributed by atoms with Crippen molar-refractivity contribution in [2.24, 2.45) is 10.2 Å². The quantitative estimate of drug-likeness (QED) is 0.406. The van der Waals surface area contributed by atoms with Gasteiger partial charge in [-0.05, 0) is 19.4 Å². The molecular formula is C7H12N2. The lowest BCUT2D eigenvalue weighted by molar-refractivity contribution is 1.19. The predicted octanol–water partition coefficient (Wildman–Crippen LogP) is 2.03. The molecule has 2 heteroatoms. The van der Waals surface area contributed by atoms with Gasteiger partial charge in [0.05, 0.1) is 5.71 Å². The minimum atomic E-state index is 0.906. The van der Waals surface area contributed by atoms with E-state index in [0.29, 0.717) is 0 Å². The molecule has 0 N–H and O–H groups in total. The summed E-state index contributed by atoms with van der Waals surface area (Å²) in [6.45, 7) is 7.24. The average Bonchev–Trinajstić information content (AvgIpc) is 1.88. The second-order valence-corrected chi connectivity index (χ2v) is 1.59. The van der Waals surface area contributed by atoms with Gasteiger partial charge in [-0.15, -0.1) is 0 Å². The summed E-state index contributed by atoms with van der Waals surface area (Å²) in [5.74, 6) is 0. The van der Waals surface area contributed by atoms with Crippen LogP contribution < -0.4 is 0 Å².